The minimum Gasteiger partial charge on any atom is -0.474 e. The second-order valence-corrected chi connectivity index (χ2v) is 20.9. The summed E-state index contributed by atoms with van der Waals surface area (Å²) in [5.41, 5.74) is 12.1. The Balaban J connectivity index is 1.07. The highest BCUT2D eigenvalue weighted by Gasteiger charge is 2.71. The fourth-order valence-corrected chi connectivity index (χ4v) is 15.7. The van der Waals surface area contributed by atoms with Crippen LogP contribution in [-0.2, 0) is 10.2 Å². The first-order valence-electron chi connectivity index (χ1n) is 23.2. The molecule has 9 aliphatic rings. The molecular formula is C52H64N4OSi. The molecule has 6 aliphatic heterocycles. The third-order valence-corrected chi connectivity index (χ3v) is 18.1. The highest BCUT2D eigenvalue weighted by atomic mass is 28.2. The van der Waals surface area contributed by atoms with Gasteiger partial charge in [0.1, 0.15) is 12.3 Å². The van der Waals surface area contributed by atoms with Crippen LogP contribution in [0.25, 0.3) is 0 Å². The largest absolute Gasteiger partial charge is 0.474 e. The normalized spacial score (nSPS) is 37.6. The Bertz CT molecular complexity index is 2250. The third-order valence-electron chi connectivity index (χ3n) is 16.6. The van der Waals surface area contributed by atoms with Gasteiger partial charge >= 0.3 is 0 Å². The van der Waals surface area contributed by atoms with E-state index in [1.165, 1.54) is 29.7 Å². The number of dihydropyridines is 1. The zero-order valence-corrected chi connectivity index (χ0v) is 37.3. The number of benzene rings is 2. The fraction of sp³-hybridized carbons (Fsp3) is 0.500. The molecule has 1 N–H and O–H groups in total. The molecule has 0 amide bonds. The summed E-state index contributed by atoms with van der Waals surface area (Å²) >= 11 is 0. The molecule has 6 heterocycles. The predicted octanol–water partition coefficient (Wildman–Crippen LogP) is 10.1. The molecule has 302 valence electrons. The van der Waals surface area contributed by atoms with E-state index in [9.17, 15) is 0 Å². The van der Waals surface area contributed by atoms with E-state index in [0.717, 1.165) is 38.1 Å². The van der Waals surface area contributed by atoms with E-state index in [0.29, 0.717) is 29.7 Å². The van der Waals surface area contributed by atoms with E-state index in [4.69, 9.17) is 4.74 Å². The molecule has 0 bridgehead atoms. The van der Waals surface area contributed by atoms with Gasteiger partial charge in [0.25, 0.3) is 0 Å². The van der Waals surface area contributed by atoms with Gasteiger partial charge in [-0.2, -0.15) is 0 Å². The Morgan fingerprint density at radius 3 is 2.55 bits per heavy atom. The van der Waals surface area contributed by atoms with Crippen LogP contribution in [0, 0.1) is 29.6 Å². The molecule has 5 nitrogen and oxygen atoms in total. The van der Waals surface area contributed by atoms with Crippen LogP contribution in [0.2, 0.25) is 6.55 Å². The number of likely N-dealkylation sites (N-methyl/N-ethyl adjacent to an activating group) is 1. The Kier molecular flexibility index (Phi) is 8.54. The lowest BCUT2D eigenvalue weighted by molar-refractivity contribution is -0.0127. The Morgan fingerprint density at radius 1 is 0.983 bits per heavy atom. The average Bonchev–Trinajstić information content (AvgIpc) is 3.89. The maximum absolute atomic E-state index is 7.39. The SMILES string of the molecule is CCN1C2=C(CCC=C2)N2C(C3=CC4(CC)c5ccccc5C5CC(CC(C)C)C([SiH2]C)=CN5C34CC)C3=CC(C)C4C5=C(NC(c6ccccc6)C=C5)OC4C3C12. The quantitative estimate of drug-likeness (QED) is 0.213. The number of nitrogens with zero attached hydrogens (tertiary/aromatic N) is 3. The number of allylic oxidation sites excluding steroid dienone is 6. The lowest BCUT2D eigenvalue weighted by Crippen LogP contribution is -2.72. The summed E-state index contributed by atoms with van der Waals surface area (Å²) in [5.74, 6) is 3.39. The summed E-state index contributed by atoms with van der Waals surface area (Å²) in [6.45, 7) is 18.3. The third kappa shape index (κ3) is 4.70. The van der Waals surface area contributed by atoms with Crippen molar-refractivity contribution < 1.29 is 4.74 Å². The summed E-state index contributed by atoms with van der Waals surface area (Å²) in [4.78, 5) is 8.77. The molecule has 1 fully saturated rings. The van der Waals surface area contributed by atoms with E-state index in [1.807, 2.05) is 0 Å². The highest BCUT2D eigenvalue weighted by Crippen LogP contribution is 2.69. The molecule has 6 heteroatoms. The molecule has 11 atom stereocenters. The molecular weight excluding hydrogens is 725 g/mol. The molecule has 11 unspecified atom stereocenters. The topological polar surface area (TPSA) is 31.0 Å². The molecule has 0 aromatic heterocycles. The molecule has 11 rings (SSSR count). The van der Waals surface area contributed by atoms with E-state index in [-0.39, 0.29) is 50.7 Å². The maximum atomic E-state index is 7.39. The molecule has 3 aliphatic carbocycles. The monoisotopic (exact) mass is 788 g/mol. The second-order valence-electron chi connectivity index (χ2n) is 19.4. The molecule has 0 radical (unpaired) electrons. The van der Waals surface area contributed by atoms with Crippen molar-refractivity contribution in [3.8, 4) is 0 Å². The van der Waals surface area contributed by atoms with Gasteiger partial charge in [-0.15, -0.1) is 0 Å². The standard InChI is InChI=1S/C52H64N4OSi/c1-8-51-29-39(52(51,9-2)55-30-44(58-7)34(26-31(4)5)28-43(55)35-20-14-15-21-38(35)51)47-37-27-32(6)45-36-24-25-40(33-18-12-11-13-19-33)53-49(36)57-48(45)46(37)50-54(10-3)41-22-16-17-23-42(41)56(47)50/h11-16,18-22,24-25,27,29-32,34,40,43,45-48,50,53H,8-10,17,23,26,28,58H2,1-7H3. The van der Waals surface area contributed by atoms with Crippen molar-refractivity contribution in [2.24, 2.45) is 29.6 Å². The number of ether oxygens (including phenoxy) is 1. The first-order chi connectivity index (χ1) is 28.3. The molecule has 58 heavy (non-hydrogen) atoms. The Hall–Kier alpha value is -4.16. The zero-order chi connectivity index (χ0) is 39.7. The van der Waals surface area contributed by atoms with Crippen molar-refractivity contribution in [1.82, 2.24) is 20.0 Å². The molecule has 1 saturated heterocycles. The first-order valence-corrected chi connectivity index (χ1v) is 25.3. The van der Waals surface area contributed by atoms with Crippen molar-refractivity contribution in [3.05, 3.63) is 153 Å². The van der Waals surface area contributed by atoms with Gasteiger partial charge < -0.3 is 24.8 Å². The summed E-state index contributed by atoms with van der Waals surface area (Å²) in [7, 11) is -0.334. The van der Waals surface area contributed by atoms with Gasteiger partial charge in [-0.3, -0.25) is 0 Å². The van der Waals surface area contributed by atoms with E-state index >= 15 is 0 Å². The number of nitrogens with one attached hydrogen (secondary N) is 1. The van der Waals surface area contributed by atoms with Crippen LogP contribution in [0.3, 0.4) is 0 Å². The molecule has 2 aromatic carbocycles. The van der Waals surface area contributed by atoms with Crippen LogP contribution in [0.1, 0.15) is 109 Å². The Labute approximate surface area is 350 Å². The first kappa shape index (κ1) is 36.9. The second kappa shape index (κ2) is 13.4. The minimum absolute atomic E-state index is 0.0254. The number of rotatable bonds is 8. The van der Waals surface area contributed by atoms with Crippen molar-refractivity contribution in [2.75, 3.05) is 6.54 Å². The maximum Gasteiger partial charge on any atom is 0.191 e. The Morgan fingerprint density at radius 2 is 1.79 bits per heavy atom. The molecule has 0 spiro atoms. The number of fused-ring (bicyclic) bond motifs is 13. The van der Waals surface area contributed by atoms with E-state index in [2.05, 4.69) is 165 Å². The van der Waals surface area contributed by atoms with Gasteiger partial charge in [0.05, 0.1) is 35.3 Å². The molecule has 0 saturated carbocycles. The van der Waals surface area contributed by atoms with Crippen molar-refractivity contribution in [2.45, 2.75) is 128 Å². The number of hydrogen-bond donors (Lipinski definition) is 1. The zero-order valence-electron chi connectivity index (χ0n) is 35.9. The van der Waals surface area contributed by atoms with Gasteiger partial charge in [0, 0.05) is 38.7 Å². The lowest BCUT2D eigenvalue weighted by Gasteiger charge is -2.70. The van der Waals surface area contributed by atoms with Crippen LogP contribution >= 0.6 is 0 Å². The van der Waals surface area contributed by atoms with Gasteiger partial charge in [0.15, 0.2) is 5.88 Å². The van der Waals surface area contributed by atoms with Gasteiger partial charge in [-0.25, -0.2) is 0 Å². The van der Waals surface area contributed by atoms with Gasteiger partial charge in [0.2, 0.25) is 0 Å². The summed E-state index contributed by atoms with van der Waals surface area (Å²) < 4.78 is 7.39. The highest BCUT2D eigenvalue weighted by molar-refractivity contribution is 6.43. The van der Waals surface area contributed by atoms with Gasteiger partial charge in [-0.1, -0.05) is 131 Å². The van der Waals surface area contributed by atoms with Crippen LogP contribution in [0.15, 0.2) is 136 Å². The smallest absolute Gasteiger partial charge is 0.191 e. The van der Waals surface area contributed by atoms with Crippen LogP contribution in [0.5, 0.6) is 0 Å². The van der Waals surface area contributed by atoms with Crippen LogP contribution in [-0.4, -0.2) is 54.6 Å². The van der Waals surface area contributed by atoms with E-state index in [1.54, 1.807) is 33.2 Å². The lowest BCUT2D eigenvalue weighted by atomic mass is 9.45. The molecule has 2 aromatic rings. The van der Waals surface area contributed by atoms with E-state index < -0.39 is 0 Å². The van der Waals surface area contributed by atoms with Gasteiger partial charge in [-0.05, 0) is 103 Å². The summed E-state index contributed by atoms with van der Waals surface area (Å²) in [6.07, 6.45) is 25.4. The van der Waals surface area contributed by atoms with Crippen molar-refractivity contribution in [3.63, 3.8) is 0 Å². The number of hydrogen-bond acceptors (Lipinski definition) is 5. The van der Waals surface area contributed by atoms with Crippen LogP contribution < -0.4 is 5.32 Å². The average molecular weight is 789 g/mol. The predicted molar refractivity (Wildman–Crippen MR) is 239 cm³/mol. The summed E-state index contributed by atoms with van der Waals surface area (Å²) in [5, 5.41) is 5.69. The van der Waals surface area contributed by atoms with Crippen molar-refractivity contribution >= 4 is 9.52 Å². The fourth-order valence-electron chi connectivity index (χ4n) is 14.4. The van der Waals surface area contributed by atoms with Crippen molar-refractivity contribution in [1.29, 1.82) is 0 Å². The minimum atomic E-state index is -0.334. The van der Waals surface area contributed by atoms with Crippen LogP contribution in [0.4, 0.5) is 0 Å². The summed E-state index contributed by atoms with van der Waals surface area (Å²) in [6, 6.07) is 21.3.